The molecule has 0 bridgehead atoms. The summed E-state index contributed by atoms with van der Waals surface area (Å²) in [5.41, 5.74) is 0.907. The van der Waals surface area contributed by atoms with E-state index in [0.29, 0.717) is 30.5 Å². The summed E-state index contributed by atoms with van der Waals surface area (Å²) >= 11 is 5.83. The Kier molecular flexibility index (Phi) is 4.78. The molecule has 0 aliphatic carbocycles. The van der Waals surface area contributed by atoms with Crippen LogP contribution in [0.5, 0.6) is 0 Å². The molecule has 2 aromatic rings. The first-order chi connectivity index (χ1) is 11.5. The smallest absolute Gasteiger partial charge is 0.227 e. The monoisotopic (exact) mass is 352 g/mol. The van der Waals surface area contributed by atoms with Gasteiger partial charge in [0.1, 0.15) is 16.8 Å². The Labute approximate surface area is 142 Å². The van der Waals surface area contributed by atoms with Crippen LogP contribution in [0.2, 0.25) is 5.15 Å². The molecule has 0 radical (unpaired) electrons. The normalized spacial score (nSPS) is 14.5. The van der Waals surface area contributed by atoms with Crippen molar-refractivity contribution in [1.29, 1.82) is 0 Å². The molecule has 1 aliphatic heterocycles. The van der Waals surface area contributed by atoms with E-state index in [-0.39, 0.29) is 35.3 Å². The number of pyridine rings is 1. The standard InChI is InChI=1S/C17H15ClF2N2O2/c18-16-6-10(3-5-23)12(9-21-16)11-7-14(20)15(8-13(11)19)22-4-1-2-17(22)24/h6-9,23H,1-5H2. The Morgan fingerprint density at radius 2 is 2.00 bits per heavy atom. The molecule has 0 atom stereocenters. The first-order valence-electron chi connectivity index (χ1n) is 7.56. The van der Waals surface area contributed by atoms with Crippen molar-refractivity contribution >= 4 is 23.2 Å². The average Bonchev–Trinajstić information content (AvgIpc) is 2.96. The average molecular weight is 353 g/mol. The summed E-state index contributed by atoms with van der Waals surface area (Å²) in [7, 11) is 0. The van der Waals surface area contributed by atoms with Crippen molar-refractivity contribution in [3.63, 3.8) is 0 Å². The maximum Gasteiger partial charge on any atom is 0.227 e. The van der Waals surface area contributed by atoms with Crippen molar-refractivity contribution in [2.75, 3.05) is 18.1 Å². The van der Waals surface area contributed by atoms with E-state index in [9.17, 15) is 13.6 Å². The topological polar surface area (TPSA) is 53.4 Å². The Morgan fingerprint density at radius 3 is 2.67 bits per heavy atom. The number of carbonyl (C=O) groups excluding carboxylic acids is 1. The van der Waals surface area contributed by atoms with E-state index in [1.807, 2.05) is 0 Å². The summed E-state index contributed by atoms with van der Waals surface area (Å²) in [6.45, 7) is 0.227. The van der Waals surface area contributed by atoms with Crippen LogP contribution >= 0.6 is 11.6 Å². The molecule has 0 saturated carbocycles. The van der Waals surface area contributed by atoms with Gasteiger partial charge in [0.2, 0.25) is 5.91 Å². The van der Waals surface area contributed by atoms with Crippen LogP contribution in [0.3, 0.4) is 0 Å². The van der Waals surface area contributed by atoms with E-state index in [0.717, 1.165) is 12.1 Å². The maximum absolute atomic E-state index is 14.6. The van der Waals surface area contributed by atoms with E-state index in [2.05, 4.69) is 4.98 Å². The molecule has 1 aromatic heterocycles. The highest BCUT2D eigenvalue weighted by molar-refractivity contribution is 6.29. The molecule has 24 heavy (non-hydrogen) atoms. The number of rotatable bonds is 4. The van der Waals surface area contributed by atoms with Gasteiger partial charge in [0.15, 0.2) is 0 Å². The molecule has 126 valence electrons. The molecule has 0 unspecified atom stereocenters. The number of benzene rings is 1. The lowest BCUT2D eigenvalue weighted by Gasteiger charge is -2.18. The number of nitrogens with zero attached hydrogens (tertiary/aromatic N) is 2. The van der Waals surface area contributed by atoms with Crippen molar-refractivity contribution in [2.45, 2.75) is 19.3 Å². The molecule has 1 aliphatic rings. The zero-order valence-corrected chi connectivity index (χ0v) is 13.5. The number of aromatic nitrogens is 1. The summed E-state index contributed by atoms with van der Waals surface area (Å²) in [4.78, 5) is 16.9. The predicted octanol–water partition coefficient (Wildman–Crippen LogP) is 3.34. The van der Waals surface area contributed by atoms with E-state index in [4.69, 9.17) is 16.7 Å². The first-order valence-corrected chi connectivity index (χ1v) is 7.94. The number of carbonyl (C=O) groups is 1. The molecule has 1 amide bonds. The van der Waals surface area contributed by atoms with Crippen LogP contribution in [0.4, 0.5) is 14.5 Å². The van der Waals surface area contributed by atoms with Crippen molar-refractivity contribution in [3.05, 3.63) is 46.7 Å². The van der Waals surface area contributed by atoms with Crippen LogP contribution in [0.1, 0.15) is 18.4 Å². The Balaban J connectivity index is 2.07. The van der Waals surface area contributed by atoms with Gasteiger partial charge in [-0.05, 0) is 30.5 Å². The van der Waals surface area contributed by atoms with E-state index >= 15 is 0 Å². The number of aliphatic hydroxyl groups is 1. The lowest BCUT2D eigenvalue weighted by molar-refractivity contribution is -0.117. The molecular formula is C17H15ClF2N2O2. The second-order valence-electron chi connectivity index (χ2n) is 5.57. The molecule has 1 N–H and O–H groups in total. The van der Waals surface area contributed by atoms with Gasteiger partial charge < -0.3 is 10.0 Å². The lowest BCUT2D eigenvalue weighted by atomic mass is 9.99. The summed E-state index contributed by atoms with van der Waals surface area (Å²) in [5.74, 6) is -1.55. The molecule has 0 spiro atoms. The van der Waals surface area contributed by atoms with Gasteiger partial charge in [-0.3, -0.25) is 4.79 Å². The third kappa shape index (κ3) is 3.12. The summed E-state index contributed by atoms with van der Waals surface area (Å²) in [6.07, 6.45) is 2.56. The van der Waals surface area contributed by atoms with Crippen LogP contribution in [0.25, 0.3) is 11.1 Å². The largest absolute Gasteiger partial charge is 0.396 e. The fourth-order valence-corrected chi connectivity index (χ4v) is 3.07. The highest BCUT2D eigenvalue weighted by atomic mass is 35.5. The van der Waals surface area contributed by atoms with Crippen molar-refractivity contribution < 1.29 is 18.7 Å². The second kappa shape index (κ2) is 6.83. The molecule has 7 heteroatoms. The van der Waals surface area contributed by atoms with E-state index in [1.165, 1.54) is 17.2 Å². The quantitative estimate of drug-likeness (QED) is 0.859. The minimum absolute atomic E-state index is 0.0236. The molecule has 1 aromatic carbocycles. The number of hydrogen-bond acceptors (Lipinski definition) is 3. The van der Waals surface area contributed by atoms with Gasteiger partial charge in [-0.2, -0.15) is 0 Å². The first kappa shape index (κ1) is 16.8. The molecule has 3 rings (SSSR count). The third-order valence-corrected chi connectivity index (χ3v) is 4.23. The van der Waals surface area contributed by atoms with Crippen LogP contribution in [0.15, 0.2) is 24.4 Å². The fourth-order valence-electron chi connectivity index (χ4n) is 2.89. The predicted molar refractivity (Wildman–Crippen MR) is 87.0 cm³/mol. The van der Waals surface area contributed by atoms with Crippen LogP contribution < -0.4 is 4.90 Å². The number of hydrogen-bond donors (Lipinski definition) is 1. The Hall–Kier alpha value is -2.05. The second-order valence-corrected chi connectivity index (χ2v) is 5.96. The maximum atomic E-state index is 14.6. The highest BCUT2D eigenvalue weighted by Crippen LogP contribution is 2.33. The minimum atomic E-state index is -0.674. The summed E-state index contributed by atoms with van der Waals surface area (Å²) in [6, 6.07) is 3.61. The van der Waals surface area contributed by atoms with Gasteiger partial charge in [0, 0.05) is 43.0 Å². The lowest BCUT2D eigenvalue weighted by Crippen LogP contribution is -2.25. The molecule has 1 fully saturated rings. The third-order valence-electron chi connectivity index (χ3n) is 4.03. The number of amides is 1. The van der Waals surface area contributed by atoms with E-state index < -0.39 is 11.6 Å². The minimum Gasteiger partial charge on any atom is -0.396 e. The van der Waals surface area contributed by atoms with Gasteiger partial charge in [0.25, 0.3) is 0 Å². The Bertz CT molecular complexity index is 798. The summed E-state index contributed by atoms with van der Waals surface area (Å²) in [5, 5.41) is 9.36. The summed E-state index contributed by atoms with van der Waals surface area (Å²) < 4.78 is 29.1. The SMILES string of the molecule is O=C1CCCN1c1cc(F)c(-c2cnc(Cl)cc2CCO)cc1F. The molecular weight excluding hydrogens is 338 g/mol. The van der Waals surface area contributed by atoms with Crippen LogP contribution in [-0.4, -0.2) is 29.1 Å². The van der Waals surface area contributed by atoms with Gasteiger partial charge >= 0.3 is 0 Å². The van der Waals surface area contributed by atoms with Gasteiger partial charge in [-0.1, -0.05) is 11.6 Å². The Morgan fingerprint density at radius 1 is 1.21 bits per heavy atom. The van der Waals surface area contributed by atoms with Gasteiger partial charge in [-0.15, -0.1) is 0 Å². The van der Waals surface area contributed by atoms with Crippen molar-refractivity contribution in [2.24, 2.45) is 0 Å². The molecule has 4 nitrogen and oxygen atoms in total. The molecule has 1 saturated heterocycles. The zero-order chi connectivity index (χ0) is 17.3. The van der Waals surface area contributed by atoms with Crippen LogP contribution in [0, 0.1) is 11.6 Å². The van der Waals surface area contributed by atoms with Crippen molar-refractivity contribution in [3.8, 4) is 11.1 Å². The highest BCUT2D eigenvalue weighted by Gasteiger charge is 2.26. The van der Waals surface area contributed by atoms with E-state index in [1.54, 1.807) is 0 Å². The van der Waals surface area contributed by atoms with Gasteiger partial charge in [0.05, 0.1) is 5.69 Å². The number of halogens is 3. The fraction of sp³-hybridized carbons (Fsp3) is 0.294. The van der Waals surface area contributed by atoms with Gasteiger partial charge in [-0.25, -0.2) is 13.8 Å². The number of anilines is 1. The van der Waals surface area contributed by atoms with Crippen LogP contribution in [-0.2, 0) is 11.2 Å². The molecule has 2 heterocycles. The zero-order valence-electron chi connectivity index (χ0n) is 12.7. The van der Waals surface area contributed by atoms with Crippen molar-refractivity contribution in [1.82, 2.24) is 4.98 Å². The number of aliphatic hydroxyl groups excluding tert-OH is 1.